The average Bonchev–Trinajstić information content (AvgIpc) is 2.74. The van der Waals surface area contributed by atoms with E-state index in [2.05, 4.69) is 50.2 Å². The summed E-state index contributed by atoms with van der Waals surface area (Å²) in [5, 5.41) is 3.64. The van der Waals surface area contributed by atoms with Gasteiger partial charge in [-0.15, -0.1) is 0 Å². The van der Waals surface area contributed by atoms with Gasteiger partial charge < -0.3 is 17.0 Å². The Hall–Kier alpha value is 0.330. The van der Waals surface area contributed by atoms with Gasteiger partial charge in [0.25, 0.3) is 0 Å². The smallest absolute Gasteiger partial charge is 0.139 e. The van der Waals surface area contributed by atoms with Gasteiger partial charge in [-0.2, -0.15) is 0 Å². The lowest BCUT2D eigenvalue weighted by Crippen LogP contribution is -2.09. The van der Waals surface area contributed by atoms with Crippen molar-refractivity contribution in [1.29, 1.82) is 0 Å². The minimum absolute atomic E-state index is 0.741. The molecule has 0 aromatic heterocycles. The van der Waals surface area contributed by atoms with Gasteiger partial charge in [0.1, 0.15) is 22.9 Å². The Morgan fingerprint density at radius 2 is 1.13 bits per heavy atom. The molecule has 4 rings (SSSR count). The zero-order valence-corrected chi connectivity index (χ0v) is 24.7. The molecule has 0 bridgehead atoms. The molecule has 0 N–H and O–H groups in total. The predicted molar refractivity (Wildman–Crippen MR) is 160 cm³/mol. The van der Waals surface area contributed by atoms with Gasteiger partial charge in [-0.3, -0.25) is 0 Å². The molecule has 31 heavy (non-hydrogen) atoms. The van der Waals surface area contributed by atoms with Gasteiger partial charge in [0.05, 0.1) is 21.9 Å². The molecule has 1 aliphatic rings. The van der Waals surface area contributed by atoms with E-state index < -0.39 is 14.8 Å². The zero-order valence-electron chi connectivity index (χ0n) is 17.1. The molecular formula is C21H21OP3S6. The lowest BCUT2D eigenvalue weighted by atomic mass is 10.2. The summed E-state index contributed by atoms with van der Waals surface area (Å²) in [6.45, 7) is 4.15. The minimum Gasteiger partial charge on any atom is -0.497 e. The molecule has 0 aliphatic carbocycles. The number of rotatable bonds is 4. The minimum atomic E-state index is -1.62. The maximum absolute atomic E-state index is 5.91. The normalized spacial score (nSPS) is 22.5. The van der Waals surface area contributed by atoms with Crippen LogP contribution in [0.15, 0.2) is 72.8 Å². The van der Waals surface area contributed by atoms with Crippen LogP contribution in [0.1, 0.15) is 11.1 Å². The molecule has 3 aromatic carbocycles. The second-order valence-corrected chi connectivity index (χ2v) is 32.0. The van der Waals surface area contributed by atoms with Crippen molar-refractivity contribution in [2.24, 2.45) is 0 Å². The van der Waals surface area contributed by atoms with Crippen molar-refractivity contribution < 1.29 is 4.74 Å². The Morgan fingerprint density at radius 1 is 0.742 bits per heavy atom. The van der Waals surface area contributed by atoms with Gasteiger partial charge in [-0.25, -0.2) is 0 Å². The second kappa shape index (κ2) is 11.2. The number of benzene rings is 3. The molecule has 1 fully saturated rings. The highest BCUT2D eigenvalue weighted by molar-refractivity contribution is 9.48. The van der Waals surface area contributed by atoms with Crippen molar-refractivity contribution in [3.63, 3.8) is 0 Å². The molecule has 0 spiro atoms. The molecular weight excluding hydrogens is 554 g/mol. The van der Waals surface area contributed by atoms with E-state index in [-0.39, 0.29) is 0 Å². The van der Waals surface area contributed by atoms with Crippen molar-refractivity contribution in [2.75, 3.05) is 7.11 Å². The van der Waals surface area contributed by atoms with Crippen molar-refractivity contribution in [2.45, 2.75) is 13.8 Å². The van der Waals surface area contributed by atoms with Gasteiger partial charge in [-0.1, -0.05) is 93.1 Å². The molecule has 0 amide bonds. The summed E-state index contributed by atoms with van der Waals surface area (Å²) in [4.78, 5) is 0. The highest BCUT2D eigenvalue weighted by Crippen LogP contribution is 3.04. The third-order valence-electron chi connectivity index (χ3n) is 4.41. The van der Waals surface area contributed by atoms with Crippen molar-refractivity contribution in [3.05, 3.63) is 83.9 Å². The Kier molecular flexibility index (Phi) is 9.35. The van der Waals surface area contributed by atoms with E-state index in [0.717, 1.165) is 11.1 Å². The lowest BCUT2D eigenvalue weighted by molar-refractivity contribution is 0.415. The Labute approximate surface area is 214 Å². The van der Waals surface area contributed by atoms with Crippen LogP contribution in [0, 0.1) is 13.8 Å². The molecule has 1 heterocycles. The molecule has 0 radical (unpaired) electrons. The second-order valence-electron chi connectivity index (χ2n) is 6.78. The highest BCUT2D eigenvalue weighted by Gasteiger charge is 2.45. The van der Waals surface area contributed by atoms with Crippen LogP contribution in [0.25, 0.3) is 0 Å². The van der Waals surface area contributed by atoms with E-state index in [9.17, 15) is 0 Å². The first-order chi connectivity index (χ1) is 14.6. The third-order valence-corrected chi connectivity index (χ3v) is 37.6. The molecule has 1 unspecified atom stereocenters. The van der Waals surface area contributed by atoms with Crippen LogP contribution in [-0.4, -0.2) is 7.11 Å². The van der Waals surface area contributed by atoms with Gasteiger partial charge in [0, 0.05) is 10.6 Å². The van der Waals surface area contributed by atoms with Crippen molar-refractivity contribution in [3.8, 4) is 5.75 Å². The predicted octanol–water partition coefficient (Wildman–Crippen LogP) is 7.08. The molecule has 1 nitrogen and oxygen atoms in total. The number of hydrogen-bond donors (Lipinski definition) is 0. The van der Waals surface area contributed by atoms with Gasteiger partial charge in [-0.05, 0) is 50.2 Å². The van der Waals surface area contributed by atoms with Crippen LogP contribution in [-0.2, 0) is 47.7 Å². The lowest BCUT2D eigenvalue weighted by Gasteiger charge is -2.40. The van der Waals surface area contributed by atoms with Crippen LogP contribution >= 0.6 is 36.8 Å². The van der Waals surface area contributed by atoms with E-state index in [4.69, 9.17) is 52.4 Å². The Balaban J connectivity index is 0.000000229. The van der Waals surface area contributed by atoms with E-state index in [0.29, 0.717) is 0 Å². The van der Waals surface area contributed by atoms with Gasteiger partial charge in [0.15, 0.2) is 0 Å². The molecule has 1 aliphatic heterocycles. The Morgan fingerprint density at radius 3 is 1.52 bits per heavy atom. The highest BCUT2D eigenvalue weighted by atomic mass is 33.7. The summed E-state index contributed by atoms with van der Waals surface area (Å²) >= 11 is 25.5. The molecule has 162 valence electrons. The van der Waals surface area contributed by atoms with Gasteiger partial charge in [0.2, 0.25) is 0 Å². The fourth-order valence-electron chi connectivity index (χ4n) is 2.64. The maximum Gasteiger partial charge on any atom is 0.139 e. The molecule has 0 saturated carbocycles. The summed E-state index contributed by atoms with van der Waals surface area (Å²) < 4.78 is 2.00. The number of methoxy groups -OCH3 is 1. The first-order valence-corrected chi connectivity index (χ1v) is 22.2. The molecule has 3 aromatic rings. The quantitative estimate of drug-likeness (QED) is 0.240. The van der Waals surface area contributed by atoms with Crippen molar-refractivity contribution >= 4 is 100 Å². The van der Waals surface area contributed by atoms with Crippen LogP contribution < -0.4 is 20.7 Å². The first kappa shape index (κ1) is 25.9. The zero-order chi connectivity index (χ0) is 22.6. The topological polar surface area (TPSA) is 9.23 Å². The maximum atomic E-state index is 5.91. The summed E-state index contributed by atoms with van der Waals surface area (Å²) in [6.07, 6.45) is 0. The molecule has 1 saturated heterocycles. The van der Waals surface area contributed by atoms with E-state index in [1.165, 1.54) is 21.7 Å². The monoisotopic (exact) mass is 574 g/mol. The fourth-order valence-corrected chi connectivity index (χ4v) is 46.0. The van der Waals surface area contributed by atoms with Crippen LogP contribution in [0.4, 0.5) is 0 Å². The number of aryl methyl sites for hydroxylation is 2. The van der Waals surface area contributed by atoms with Crippen LogP contribution in [0.2, 0.25) is 0 Å². The standard InChI is InChI=1S/C14H14OP2S4.C7H7PS2/c1-11-3-7-13(8-4-11)16(18)20-17(19,21-16)14-9-5-12(15-2)6-10-14;1-6-2-4-7(5-3-6)8(9)10/h3-10H,1-2H3;2-5H,1H3. The van der Waals surface area contributed by atoms with E-state index in [1.54, 1.807) is 7.11 Å². The number of hydrogen-bond acceptors (Lipinski definition) is 7. The molecule has 1 atom stereocenters. The van der Waals surface area contributed by atoms with Gasteiger partial charge >= 0.3 is 0 Å². The summed E-state index contributed by atoms with van der Waals surface area (Å²) in [5.41, 5.74) is 2.52. The van der Waals surface area contributed by atoms with Crippen LogP contribution in [0.3, 0.4) is 0 Å². The van der Waals surface area contributed by atoms with Crippen molar-refractivity contribution in [1.82, 2.24) is 0 Å². The summed E-state index contributed by atoms with van der Waals surface area (Å²) in [6, 6.07) is 24.9. The van der Waals surface area contributed by atoms with E-state index in [1.807, 2.05) is 58.4 Å². The number of ether oxygens (including phenoxy) is 1. The first-order valence-electron chi connectivity index (χ1n) is 9.21. The SMILES string of the molecule is COc1ccc(P2(=S)SP(=S)(c3ccc(C)cc3)S2)cc1.Cc1ccc([P+](=S)[S-])cc1. The molecule has 10 heteroatoms. The third kappa shape index (κ3) is 6.69. The largest absolute Gasteiger partial charge is 0.497 e. The van der Waals surface area contributed by atoms with Crippen LogP contribution in [0.5, 0.6) is 5.75 Å². The fraction of sp³-hybridized carbons (Fsp3) is 0.143. The summed E-state index contributed by atoms with van der Waals surface area (Å²) in [5.74, 6) is 0.128. The van der Waals surface area contributed by atoms with E-state index >= 15 is 0 Å². The average molecular weight is 575 g/mol. The Bertz CT molecular complexity index is 1150. The summed E-state index contributed by atoms with van der Waals surface area (Å²) in [7, 11) is 1.68.